The molecule has 96 valence electrons. The van der Waals surface area contributed by atoms with Crippen LogP contribution < -0.4 is 0 Å². The van der Waals surface area contributed by atoms with E-state index in [1.807, 2.05) is 19.1 Å². The molecule has 1 heterocycles. The number of thioether (sulfide) groups is 1. The van der Waals surface area contributed by atoms with Gasteiger partial charge in [0.05, 0.1) is 12.5 Å². The predicted octanol–water partition coefficient (Wildman–Crippen LogP) is 2.14. The topological polar surface area (TPSA) is 71.6 Å². The number of nitrogens with zero attached hydrogens (tertiary/aromatic N) is 4. The molecule has 0 atom stereocenters. The lowest BCUT2D eigenvalue weighted by Crippen LogP contribution is -2.16. The van der Waals surface area contributed by atoms with Gasteiger partial charge in [0.15, 0.2) is 11.0 Å². The molecule has 0 radical (unpaired) electrons. The van der Waals surface area contributed by atoms with Crippen LogP contribution in [0.1, 0.15) is 23.1 Å². The molecule has 0 aliphatic rings. The van der Waals surface area contributed by atoms with Gasteiger partial charge in [-0.05, 0) is 17.9 Å². The number of benzene rings is 1. The van der Waals surface area contributed by atoms with E-state index in [0.29, 0.717) is 16.5 Å². The van der Waals surface area contributed by atoms with Crippen molar-refractivity contribution in [1.29, 1.82) is 5.26 Å². The standard InChI is InChI=1S/C13H12N4OS/c1-2-19-13-16-15-11(8-9-14)17(13)12(18)10-6-4-3-5-7-10/h3-7H,2,8H2,1H3. The molecule has 1 aromatic heterocycles. The average Bonchev–Trinajstić information content (AvgIpc) is 2.83. The van der Waals surface area contributed by atoms with E-state index in [9.17, 15) is 4.79 Å². The van der Waals surface area contributed by atoms with Gasteiger partial charge in [-0.25, -0.2) is 4.57 Å². The number of hydrogen-bond acceptors (Lipinski definition) is 5. The lowest BCUT2D eigenvalue weighted by molar-refractivity contribution is 0.0947. The Hall–Kier alpha value is -2.13. The first kappa shape index (κ1) is 13.3. The number of carbonyl (C=O) groups is 1. The summed E-state index contributed by atoms with van der Waals surface area (Å²) < 4.78 is 1.42. The fourth-order valence-electron chi connectivity index (χ4n) is 1.62. The van der Waals surface area contributed by atoms with Crippen molar-refractivity contribution in [3.63, 3.8) is 0 Å². The SMILES string of the molecule is CCSc1nnc(CC#N)n1C(=O)c1ccccc1. The lowest BCUT2D eigenvalue weighted by atomic mass is 10.2. The molecule has 19 heavy (non-hydrogen) atoms. The van der Waals surface area contributed by atoms with Crippen molar-refractivity contribution in [3.8, 4) is 6.07 Å². The first-order chi connectivity index (χ1) is 9.27. The Morgan fingerprint density at radius 3 is 2.74 bits per heavy atom. The van der Waals surface area contributed by atoms with E-state index in [0.717, 1.165) is 5.75 Å². The van der Waals surface area contributed by atoms with Crippen LogP contribution in [0.15, 0.2) is 35.5 Å². The maximum atomic E-state index is 12.5. The first-order valence-corrected chi connectivity index (χ1v) is 6.80. The Balaban J connectivity index is 2.44. The average molecular weight is 272 g/mol. The van der Waals surface area contributed by atoms with Crippen LogP contribution in [0, 0.1) is 11.3 Å². The molecule has 0 bridgehead atoms. The minimum Gasteiger partial charge on any atom is -0.268 e. The quantitative estimate of drug-likeness (QED) is 0.797. The van der Waals surface area contributed by atoms with Crippen molar-refractivity contribution in [2.24, 2.45) is 0 Å². The second-order valence-electron chi connectivity index (χ2n) is 3.67. The van der Waals surface area contributed by atoms with E-state index in [1.54, 1.807) is 24.3 Å². The van der Waals surface area contributed by atoms with Crippen LogP contribution in [0.25, 0.3) is 0 Å². The summed E-state index contributed by atoms with van der Waals surface area (Å²) >= 11 is 1.43. The van der Waals surface area contributed by atoms with Crippen LogP contribution in [0.5, 0.6) is 0 Å². The summed E-state index contributed by atoms with van der Waals surface area (Å²) in [5, 5.41) is 17.2. The first-order valence-electron chi connectivity index (χ1n) is 5.81. The Morgan fingerprint density at radius 2 is 2.11 bits per heavy atom. The van der Waals surface area contributed by atoms with Crippen LogP contribution in [-0.4, -0.2) is 26.4 Å². The van der Waals surface area contributed by atoms with Crippen LogP contribution in [0.2, 0.25) is 0 Å². The summed E-state index contributed by atoms with van der Waals surface area (Å²) in [5.41, 5.74) is 0.555. The molecule has 0 fully saturated rings. The third-order valence-corrected chi connectivity index (χ3v) is 3.25. The molecule has 0 saturated heterocycles. The monoisotopic (exact) mass is 272 g/mol. The van der Waals surface area contributed by atoms with E-state index in [-0.39, 0.29) is 12.3 Å². The zero-order chi connectivity index (χ0) is 13.7. The van der Waals surface area contributed by atoms with Crippen molar-refractivity contribution in [1.82, 2.24) is 14.8 Å². The predicted molar refractivity (Wildman–Crippen MR) is 71.9 cm³/mol. The van der Waals surface area contributed by atoms with Crippen molar-refractivity contribution < 1.29 is 4.79 Å². The smallest absolute Gasteiger partial charge is 0.265 e. The Morgan fingerprint density at radius 1 is 1.37 bits per heavy atom. The Bertz CT molecular complexity index is 615. The molecule has 0 aliphatic heterocycles. The van der Waals surface area contributed by atoms with Crippen molar-refractivity contribution in [3.05, 3.63) is 41.7 Å². The zero-order valence-corrected chi connectivity index (χ0v) is 11.2. The summed E-state index contributed by atoms with van der Waals surface area (Å²) in [6.07, 6.45) is 0.0653. The van der Waals surface area contributed by atoms with E-state index in [2.05, 4.69) is 10.2 Å². The van der Waals surface area contributed by atoms with Crippen molar-refractivity contribution >= 4 is 17.7 Å². The van der Waals surface area contributed by atoms with Gasteiger partial charge >= 0.3 is 0 Å². The van der Waals surface area contributed by atoms with E-state index in [4.69, 9.17) is 5.26 Å². The summed E-state index contributed by atoms with van der Waals surface area (Å²) in [6, 6.07) is 10.9. The van der Waals surface area contributed by atoms with Gasteiger partial charge in [0.2, 0.25) is 0 Å². The summed E-state index contributed by atoms with van der Waals surface area (Å²) in [6.45, 7) is 1.97. The second-order valence-corrected chi connectivity index (χ2v) is 4.90. The van der Waals surface area contributed by atoms with Gasteiger partial charge < -0.3 is 0 Å². The largest absolute Gasteiger partial charge is 0.268 e. The Kier molecular flexibility index (Phi) is 4.31. The van der Waals surface area contributed by atoms with Crippen LogP contribution in [0.3, 0.4) is 0 Å². The van der Waals surface area contributed by atoms with Crippen molar-refractivity contribution in [2.75, 3.05) is 5.75 Å². The number of rotatable bonds is 4. The Labute approximate surface area is 115 Å². The molecule has 1 aromatic carbocycles. The third kappa shape index (κ3) is 2.83. The molecular weight excluding hydrogens is 260 g/mol. The molecule has 0 unspecified atom stereocenters. The highest BCUT2D eigenvalue weighted by Crippen LogP contribution is 2.18. The highest BCUT2D eigenvalue weighted by Gasteiger charge is 2.19. The lowest BCUT2D eigenvalue weighted by Gasteiger charge is -2.06. The number of aromatic nitrogens is 3. The van der Waals surface area contributed by atoms with Crippen LogP contribution in [0.4, 0.5) is 0 Å². The molecule has 0 spiro atoms. The molecule has 0 N–H and O–H groups in total. The van der Waals surface area contributed by atoms with Gasteiger partial charge in [-0.3, -0.25) is 4.79 Å². The molecule has 6 heteroatoms. The van der Waals surface area contributed by atoms with Crippen LogP contribution >= 0.6 is 11.8 Å². The maximum Gasteiger partial charge on any atom is 0.265 e. The maximum absolute atomic E-state index is 12.5. The molecule has 0 aliphatic carbocycles. The van der Waals surface area contributed by atoms with Gasteiger partial charge in [0, 0.05) is 5.56 Å². The number of carbonyl (C=O) groups excluding carboxylic acids is 1. The molecule has 5 nitrogen and oxygen atoms in total. The van der Waals surface area contributed by atoms with Gasteiger partial charge in [0.1, 0.15) is 0 Å². The van der Waals surface area contributed by atoms with Gasteiger partial charge in [-0.1, -0.05) is 36.9 Å². The molecular formula is C13H12N4OS. The second kappa shape index (κ2) is 6.16. The molecule has 0 amide bonds. The minimum absolute atomic E-state index is 0.0653. The number of nitriles is 1. The van der Waals surface area contributed by atoms with E-state index >= 15 is 0 Å². The summed E-state index contributed by atoms with van der Waals surface area (Å²) in [7, 11) is 0. The number of hydrogen-bond donors (Lipinski definition) is 0. The zero-order valence-electron chi connectivity index (χ0n) is 10.4. The minimum atomic E-state index is -0.202. The molecule has 0 saturated carbocycles. The molecule has 2 rings (SSSR count). The van der Waals surface area contributed by atoms with Gasteiger partial charge in [0.25, 0.3) is 5.91 Å². The van der Waals surface area contributed by atoms with Gasteiger partial charge in [-0.2, -0.15) is 5.26 Å². The van der Waals surface area contributed by atoms with Crippen molar-refractivity contribution in [2.45, 2.75) is 18.5 Å². The van der Waals surface area contributed by atoms with E-state index < -0.39 is 0 Å². The fraction of sp³-hybridized carbons (Fsp3) is 0.231. The fourth-order valence-corrected chi connectivity index (χ4v) is 2.30. The third-order valence-electron chi connectivity index (χ3n) is 2.43. The normalized spacial score (nSPS) is 10.1. The van der Waals surface area contributed by atoms with E-state index in [1.165, 1.54) is 16.3 Å². The molecule has 2 aromatic rings. The van der Waals surface area contributed by atoms with Gasteiger partial charge in [-0.15, -0.1) is 10.2 Å². The summed E-state index contributed by atoms with van der Waals surface area (Å²) in [5.74, 6) is 0.964. The highest BCUT2D eigenvalue weighted by molar-refractivity contribution is 7.99. The highest BCUT2D eigenvalue weighted by atomic mass is 32.2. The summed E-state index contributed by atoms with van der Waals surface area (Å²) in [4.78, 5) is 12.5. The van der Waals surface area contributed by atoms with Crippen LogP contribution in [-0.2, 0) is 6.42 Å².